The van der Waals surface area contributed by atoms with E-state index in [9.17, 15) is 14.7 Å². The number of amides is 2. The van der Waals surface area contributed by atoms with E-state index in [-0.39, 0.29) is 17.9 Å². The van der Waals surface area contributed by atoms with Crippen molar-refractivity contribution in [2.75, 3.05) is 32.7 Å². The summed E-state index contributed by atoms with van der Waals surface area (Å²) in [6, 6.07) is 0.240. The molecule has 3 aliphatic rings. The van der Waals surface area contributed by atoms with Gasteiger partial charge in [-0.2, -0.15) is 0 Å². The molecule has 0 saturated carbocycles. The Bertz CT molecular complexity index is 771. The van der Waals surface area contributed by atoms with Gasteiger partial charge in [-0.1, -0.05) is 5.16 Å². The molecule has 4 rings (SSSR count). The molecule has 2 amide bonds. The molecule has 1 aromatic heterocycles. The van der Waals surface area contributed by atoms with Crippen LogP contribution >= 0.6 is 0 Å². The first-order valence-electron chi connectivity index (χ1n) is 11.4. The third-order valence-corrected chi connectivity index (χ3v) is 6.87. The first-order valence-corrected chi connectivity index (χ1v) is 11.4. The number of carbonyl (C=O) groups excluding carboxylic acids is 2. The molecule has 1 unspecified atom stereocenters. The maximum absolute atomic E-state index is 13.1. The van der Waals surface area contributed by atoms with Gasteiger partial charge in [-0.25, -0.2) is 0 Å². The third-order valence-electron chi connectivity index (χ3n) is 6.87. The maximum atomic E-state index is 13.1. The number of nitrogens with one attached hydrogen (secondary N) is 1. The van der Waals surface area contributed by atoms with Gasteiger partial charge in [0.1, 0.15) is 5.76 Å². The van der Waals surface area contributed by atoms with Crippen molar-refractivity contribution in [2.24, 2.45) is 0 Å². The molecule has 2 N–H and O–H groups in total. The molecule has 0 radical (unpaired) electrons. The second-order valence-electron chi connectivity index (χ2n) is 9.26. The Morgan fingerprint density at radius 1 is 1.13 bits per heavy atom. The fourth-order valence-electron chi connectivity index (χ4n) is 5.18. The number of fused-ring (bicyclic) bond motifs is 1. The molecule has 2 fully saturated rings. The average molecular weight is 419 g/mol. The molecule has 166 valence electrons. The number of likely N-dealkylation sites (tertiary alicyclic amines) is 2. The van der Waals surface area contributed by atoms with Gasteiger partial charge in [-0.15, -0.1) is 0 Å². The number of aliphatic hydroxyl groups is 1. The van der Waals surface area contributed by atoms with Crippen LogP contribution in [0.2, 0.25) is 0 Å². The molecule has 8 nitrogen and oxygen atoms in total. The van der Waals surface area contributed by atoms with Crippen molar-refractivity contribution in [3.8, 4) is 0 Å². The van der Waals surface area contributed by atoms with Crippen LogP contribution in [0.15, 0.2) is 4.52 Å². The molecule has 0 aromatic carbocycles. The van der Waals surface area contributed by atoms with E-state index in [2.05, 4.69) is 15.4 Å². The Labute approximate surface area is 177 Å². The minimum atomic E-state index is -0.779. The summed E-state index contributed by atoms with van der Waals surface area (Å²) >= 11 is 0. The number of nitrogens with zero attached hydrogens (tertiary/aromatic N) is 3. The van der Waals surface area contributed by atoms with E-state index in [1.165, 1.54) is 0 Å². The second-order valence-corrected chi connectivity index (χ2v) is 9.26. The molecule has 1 aromatic rings. The zero-order valence-electron chi connectivity index (χ0n) is 18.0. The van der Waals surface area contributed by atoms with Crippen LogP contribution in [-0.4, -0.2) is 76.2 Å². The predicted molar refractivity (Wildman–Crippen MR) is 111 cm³/mol. The Morgan fingerprint density at radius 2 is 1.90 bits per heavy atom. The van der Waals surface area contributed by atoms with Crippen LogP contribution in [0.5, 0.6) is 0 Å². The monoisotopic (exact) mass is 418 g/mol. The topological polar surface area (TPSA) is 98.9 Å². The SMILES string of the molecule is CC(=O)NC1CCN(CC2(O)CCCN(C(=O)c3noc4c3CCCC4)CC2)CC1. The number of carbonyl (C=O) groups is 2. The van der Waals surface area contributed by atoms with Gasteiger partial charge in [-0.05, 0) is 51.4 Å². The van der Waals surface area contributed by atoms with Crippen molar-refractivity contribution >= 4 is 11.8 Å². The number of piperidine rings is 1. The number of β-amino-alcohol motifs (C(OH)–C–C–N with tert-alkyl or cyclic N) is 1. The van der Waals surface area contributed by atoms with Crippen LogP contribution in [0.1, 0.15) is 73.7 Å². The molecule has 2 saturated heterocycles. The lowest BCUT2D eigenvalue weighted by Crippen LogP contribution is -2.50. The molecule has 30 heavy (non-hydrogen) atoms. The summed E-state index contributed by atoms with van der Waals surface area (Å²) in [5.41, 5.74) is 0.696. The standard InChI is InChI=1S/C22H34N4O4/c1-16(27)23-17-7-12-25(13-8-17)15-22(29)9-4-11-26(14-10-22)21(28)20-18-5-2-3-6-19(18)30-24-20/h17,29H,2-15H2,1H3,(H,23,27). The molecule has 2 aliphatic heterocycles. The number of aromatic nitrogens is 1. The highest BCUT2D eigenvalue weighted by molar-refractivity contribution is 5.94. The number of hydrogen-bond acceptors (Lipinski definition) is 6. The van der Waals surface area contributed by atoms with Crippen molar-refractivity contribution in [1.82, 2.24) is 20.3 Å². The summed E-state index contributed by atoms with van der Waals surface area (Å²) < 4.78 is 5.42. The Balaban J connectivity index is 1.32. The molecule has 0 spiro atoms. The van der Waals surface area contributed by atoms with Crippen LogP contribution in [0.25, 0.3) is 0 Å². The lowest BCUT2D eigenvalue weighted by Gasteiger charge is -2.38. The normalized spacial score (nSPS) is 26.1. The Kier molecular flexibility index (Phi) is 6.43. The summed E-state index contributed by atoms with van der Waals surface area (Å²) in [6.45, 7) is 5.12. The van der Waals surface area contributed by atoms with Crippen LogP contribution in [-0.2, 0) is 17.6 Å². The fourth-order valence-corrected chi connectivity index (χ4v) is 5.18. The van der Waals surface area contributed by atoms with Crippen LogP contribution in [0.3, 0.4) is 0 Å². The Morgan fingerprint density at radius 3 is 2.67 bits per heavy atom. The minimum absolute atomic E-state index is 0.0222. The first-order chi connectivity index (χ1) is 14.4. The number of aryl methyl sites for hydroxylation is 1. The fraction of sp³-hybridized carbons (Fsp3) is 0.773. The van der Waals surface area contributed by atoms with Crippen molar-refractivity contribution in [3.05, 3.63) is 17.0 Å². The summed E-state index contributed by atoms with van der Waals surface area (Å²) in [7, 11) is 0. The van der Waals surface area contributed by atoms with Gasteiger partial charge in [0.2, 0.25) is 5.91 Å². The van der Waals surface area contributed by atoms with Gasteiger partial charge in [0.15, 0.2) is 5.69 Å². The predicted octanol–water partition coefficient (Wildman–Crippen LogP) is 1.51. The van der Waals surface area contributed by atoms with Gasteiger partial charge in [0.25, 0.3) is 5.91 Å². The molecule has 1 atom stereocenters. The van der Waals surface area contributed by atoms with E-state index in [4.69, 9.17) is 4.52 Å². The average Bonchev–Trinajstić information content (AvgIpc) is 3.06. The van der Waals surface area contributed by atoms with Crippen molar-refractivity contribution in [1.29, 1.82) is 0 Å². The van der Waals surface area contributed by atoms with Crippen molar-refractivity contribution in [2.45, 2.75) is 76.4 Å². The molecular weight excluding hydrogens is 384 g/mol. The molecule has 8 heteroatoms. The third kappa shape index (κ3) is 4.86. The largest absolute Gasteiger partial charge is 0.388 e. The highest BCUT2D eigenvalue weighted by atomic mass is 16.5. The maximum Gasteiger partial charge on any atom is 0.276 e. The van der Waals surface area contributed by atoms with Crippen LogP contribution < -0.4 is 5.32 Å². The van der Waals surface area contributed by atoms with E-state index in [1.807, 2.05) is 4.90 Å². The second kappa shape index (κ2) is 9.06. The quantitative estimate of drug-likeness (QED) is 0.769. The first kappa shape index (κ1) is 21.3. The lowest BCUT2D eigenvalue weighted by molar-refractivity contribution is -0.120. The van der Waals surface area contributed by atoms with E-state index in [1.54, 1.807) is 6.92 Å². The van der Waals surface area contributed by atoms with Gasteiger partial charge in [0, 0.05) is 57.7 Å². The zero-order chi connectivity index (χ0) is 21.1. The van der Waals surface area contributed by atoms with E-state index >= 15 is 0 Å². The molecule has 0 bridgehead atoms. The molecular formula is C22H34N4O4. The van der Waals surface area contributed by atoms with Crippen molar-refractivity contribution < 1.29 is 19.2 Å². The summed E-state index contributed by atoms with van der Waals surface area (Å²) in [4.78, 5) is 28.5. The highest BCUT2D eigenvalue weighted by Gasteiger charge is 2.36. The minimum Gasteiger partial charge on any atom is -0.388 e. The Hall–Kier alpha value is -1.93. The van der Waals surface area contributed by atoms with Gasteiger partial charge >= 0.3 is 0 Å². The van der Waals surface area contributed by atoms with E-state index in [0.717, 1.165) is 69.4 Å². The number of rotatable bonds is 4. The number of hydrogen-bond donors (Lipinski definition) is 2. The van der Waals surface area contributed by atoms with Crippen molar-refractivity contribution in [3.63, 3.8) is 0 Å². The summed E-state index contributed by atoms with van der Waals surface area (Å²) in [6.07, 6.45) is 7.78. The van der Waals surface area contributed by atoms with Crippen LogP contribution in [0.4, 0.5) is 0 Å². The van der Waals surface area contributed by atoms with Crippen LogP contribution in [0, 0.1) is 0 Å². The van der Waals surface area contributed by atoms with Gasteiger partial charge in [-0.3, -0.25) is 9.59 Å². The zero-order valence-corrected chi connectivity index (χ0v) is 18.0. The summed E-state index contributed by atoms with van der Waals surface area (Å²) in [5, 5.41) is 18.3. The smallest absolute Gasteiger partial charge is 0.276 e. The van der Waals surface area contributed by atoms with E-state index < -0.39 is 5.60 Å². The van der Waals surface area contributed by atoms with Gasteiger partial charge in [0.05, 0.1) is 5.60 Å². The molecule has 3 heterocycles. The summed E-state index contributed by atoms with van der Waals surface area (Å²) in [5.74, 6) is 0.842. The van der Waals surface area contributed by atoms with Gasteiger partial charge < -0.3 is 24.7 Å². The molecule has 1 aliphatic carbocycles. The highest BCUT2D eigenvalue weighted by Crippen LogP contribution is 2.28. The lowest BCUT2D eigenvalue weighted by atomic mass is 9.93. The van der Waals surface area contributed by atoms with E-state index in [0.29, 0.717) is 38.2 Å².